The van der Waals surface area contributed by atoms with Crippen molar-refractivity contribution in [2.45, 2.75) is 64.2 Å². The minimum Gasteiger partial charge on any atom is -0.284 e. The Kier molecular flexibility index (Phi) is 3.98. The van der Waals surface area contributed by atoms with Crippen LogP contribution in [0.3, 0.4) is 0 Å². The van der Waals surface area contributed by atoms with Gasteiger partial charge in [0.15, 0.2) is 0 Å². The standard InChI is InChI=1S/C17H25NO/c1-5-16(19)18-14(13-9-7-6-8-10-13)11-12-15(18)17(2,3)4/h5,11-13H,1,6-10H2,2-4H3. The van der Waals surface area contributed by atoms with Gasteiger partial charge in [0.1, 0.15) is 0 Å². The first-order chi connectivity index (χ1) is 8.95. The lowest BCUT2D eigenvalue weighted by Gasteiger charge is -2.26. The lowest BCUT2D eigenvalue weighted by atomic mass is 9.87. The molecule has 0 spiro atoms. The minimum atomic E-state index is -0.0222. The van der Waals surface area contributed by atoms with Gasteiger partial charge >= 0.3 is 0 Å². The highest BCUT2D eigenvalue weighted by molar-refractivity contribution is 5.90. The highest BCUT2D eigenvalue weighted by Gasteiger charge is 2.27. The maximum absolute atomic E-state index is 12.3. The zero-order valence-electron chi connectivity index (χ0n) is 12.4. The van der Waals surface area contributed by atoms with Gasteiger partial charge in [-0.3, -0.25) is 9.36 Å². The summed E-state index contributed by atoms with van der Waals surface area (Å²) in [7, 11) is 0. The number of hydrogen-bond donors (Lipinski definition) is 0. The van der Waals surface area contributed by atoms with Crippen molar-refractivity contribution in [3.05, 3.63) is 36.2 Å². The molecule has 0 atom stereocenters. The monoisotopic (exact) mass is 259 g/mol. The third kappa shape index (κ3) is 2.83. The normalized spacial score (nSPS) is 17.4. The van der Waals surface area contributed by atoms with Gasteiger partial charge in [-0.2, -0.15) is 0 Å². The maximum atomic E-state index is 12.3. The fourth-order valence-electron chi connectivity index (χ4n) is 3.09. The van der Waals surface area contributed by atoms with Crippen LogP contribution in [0, 0.1) is 0 Å². The number of carbonyl (C=O) groups excluding carboxylic acids is 1. The van der Waals surface area contributed by atoms with Gasteiger partial charge in [0, 0.05) is 16.8 Å². The molecule has 1 aliphatic carbocycles. The molecule has 1 saturated carbocycles. The van der Waals surface area contributed by atoms with Crippen LogP contribution in [0.15, 0.2) is 24.8 Å². The predicted molar refractivity (Wildman–Crippen MR) is 79.8 cm³/mol. The predicted octanol–water partition coefficient (Wildman–Crippen LogP) is 4.66. The Morgan fingerprint density at radius 2 is 1.89 bits per heavy atom. The van der Waals surface area contributed by atoms with Gasteiger partial charge in [-0.1, -0.05) is 46.6 Å². The van der Waals surface area contributed by atoms with Crippen LogP contribution >= 0.6 is 0 Å². The summed E-state index contributed by atoms with van der Waals surface area (Å²) in [4.78, 5) is 12.3. The van der Waals surface area contributed by atoms with Crippen molar-refractivity contribution in [3.63, 3.8) is 0 Å². The van der Waals surface area contributed by atoms with E-state index in [1.807, 2.05) is 4.57 Å². The lowest BCUT2D eigenvalue weighted by Crippen LogP contribution is -2.24. The molecule has 0 bridgehead atoms. The number of nitrogens with zero attached hydrogens (tertiary/aromatic N) is 1. The second-order valence-corrected chi connectivity index (χ2v) is 6.61. The molecule has 1 aromatic rings. The molecule has 2 nitrogen and oxygen atoms in total. The first-order valence-corrected chi connectivity index (χ1v) is 7.34. The molecule has 0 radical (unpaired) electrons. The Bertz CT molecular complexity index is 470. The van der Waals surface area contributed by atoms with Gasteiger partial charge in [-0.05, 0) is 37.0 Å². The molecular weight excluding hydrogens is 234 g/mol. The molecule has 19 heavy (non-hydrogen) atoms. The molecule has 0 N–H and O–H groups in total. The van der Waals surface area contributed by atoms with E-state index < -0.39 is 0 Å². The van der Waals surface area contributed by atoms with Crippen molar-refractivity contribution in [2.75, 3.05) is 0 Å². The van der Waals surface area contributed by atoms with Gasteiger partial charge < -0.3 is 0 Å². The van der Waals surface area contributed by atoms with Gasteiger partial charge in [0.2, 0.25) is 0 Å². The van der Waals surface area contributed by atoms with E-state index in [2.05, 4.69) is 39.5 Å². The molecule has 1 heterocycles. The minimum absolute atomic E-state index is 0.00972. The van der Waals surface area contributed by atoms with Crippen molar-refractivity contribution in [1.82, 2.24) is 4.57 Å². The van der Waals surface area contributed by atoms with E-state index in [0.717, 1.165) is 5.69 Å². The summed E-state index contributed by atoms with van der Waals surface area (Å²) in [5.74, 6) is 0.546. The SMILES string of the molecule is C=CC(=O)n1c(C2CCCCC2)ccc1C(C)(C)C. The first kappa shape index (κ1) is 14.1. The Morgan fingerprint density at radius 3 is 2.42 bits per heavy atom. The summed E-state index contributed by atoms with van der Waals surface area (Å²) < 4.78 is 1.91. The summed E-state index contributed by atoms with van der Waals surface area (Å²) in [5, 5.41) is 0. The van der Waals surface area contributed by atoms with Crippen LogP contribution in [0.1, 0.15) is 75.0 Å². The van der Waals surface area contributed by atoms with Crippen molar-refractivity contribution in [2.24, 2.45) is 0 Å². The molecule has 0 aromatic carbocycles. The van der Waals surface area contributed by atoms with Crippen molar-refractivity contribution in [3.8, 4) is 0 Å². The van der Waals surface area contributed by atoms with E-state index in [0.29, 0.717) is 5.92 Å². The van der Waals surface area contributed by atoms with E-state index in [4.69, 9.17) is 0 Å². The second kappa shape index (κ2) is 5.36. The van der Waals surface area contributed by atoms with Gasteiger partial charge in [-0.15, -0.1) is 0 Å². The zero-order valence-corrected chi connectivity index (χ0v) is 12.4. The third-order valence-corrected chi connectivity index (χ3v) is 4.10. The van der Waals surface area contributed by atoms with Crippen LogP contribution in [0.4, 0.5) is 0 Å². The Morgan fingerprint density at radius 1 is 1.26 bits per heavy atom. The average Bonchev–Trinajstić information content (AvgIpc) is 2.83. The van der Waals surface area contributed by atoms with E-state index >= 15 is 0 Å². The van der Waals surface area contributed by atoms with Crippen LogP contribution in [0.25, 0.3) is 0 Å². The molecule has 2 heteroatoms. The summed E-state index contributed by atoms with van der Waals surface area (Å²) in [6.07, 6.45) is 7.74. The van der Waals surface area contributed by atoms with Gasteiger partial charge in [-0.25, -0.2) is 0 Å². The second-order valence-electron chi connectivity index (χ2n) is 6.61. The van der Waals surface area contributed by atoms with Crippen LogP contribution in [-0.2, 0) is 5.41 Å². The van der Waals surface area contributed by atoms with Crippen LogP contribution < -0.4 is 0 Å². The van der Waals surface area contributed by atoms with E-state index in [-0.39, 0.29) is 11.3 Å². The highest BCUT2D eigenvalue weighted by Crippen LogP contribution is 2.36. The molecule has 1 aliphatic rings. The molecule has 104 valence electrons. The quantitative estimate of drug-likeness (QED) is 0.708. The molecule has 1 fully saturated rings. The van der Waals surface area contributed by atoms with E-state index in [1.54, 1.807) is 0 Å². The highest BCUT2D eigenvalue weighted by atomic mass is 16.1. The Hall–Kier alpha value is -1.31. The van der Waals surface area contributed by atoms with Crippen LogP contribution in [0.2, 0.25) is 0 Å². The zero-order chi connectivity index (χ0) is 14.0. The Balaban J connectivity index is 2.46. The molecular formula is C17H25NO. The van der Waals surface area contributed by atoms with E-state index in [1.165, 1.54) is 43.9 Å². The number of allylic oxidation sites excluding steroid dienone is 1. The fraction of sp³-hybridized carbons (Fsp3) is 0.588. The van der Waals surface area contributed by atoms with Crippen molar-refractivity contribution >= 4 is 5.91 Å². The molecule has 0 saturated heterocycles. The molecule has 1 aromatic heterocycles. The number of aromatic nitrogens is 1. The number of carbonyl (C=O) groups is 1. The first-order valence-electron chi connectivity index (χ1n) is 7.34. The number of hydrogen-bond acceptors (Lipinski definition) is 1. The molecule has 0 amide bonds. The summed E-state index contributed by atoms with van der Waals surface area (Å²) in [5.41, 5.74) is 2.26. The molecule has 0 unspecified atom stereocenters. The summed E-state index contributed by atoms with van der Waals surface area (Å²) in [6.45, 7) is 10.1. The summed E-state index contributed by atoms with van der Waals surface area (Å²) >= 11 is 0. The van der Waals surface area contributed by atoms with E-state index in [9.17, 15) is 4.79 Å². The molecule has 2 rings (SSSR count). The topological polar surface area (TPSA) is 22.0 Å². The number of rotatable bonds is 2. The van der Waals surface area contributed by atoms with Crippen LogP contribution in [0.5, 0.6) is 0 Å². The smallest absolute Gasteiger partial charge is 0.254 e. The third-order valence-electron chi connectivity index (χ3n) is 4.10. The average molecular weight is 259 g/mol. The maximum Gasteiger partial charge on any atom is 0.254 e. The largest absolute Gasteiger partial charge is 0.284 e. The van der Waals surface area contributed by atoms with Crippen molar-refractivity contribution in [1.29, 1.82) is 0 Å². The van der Waals surface area contributed by atoms with Gasteiger partial charge in [0.25, 0.3) is 5.91 Å². The Labute approximate surface area is 116 Å². The lowest BCUT2D eigenvalue weighted by molar-refractivity contribution is 0.0957. The van der Waals surface area contributed by atoms with Gasteiger partial charge in [0.05, 0.1) is 0 Å². The van der Waals surface area contributed by atoms with Crippen LogP contribution in [-0.4, -0.2) is 10.5 Å². The molecule has 0 aliphatic heterocycles. The fourth-order valence-corrected chi connectivity index (χ4v) is 3.09. The summed E-state index contributed by atoms with van der Waals surface area (Å²) in [6, 6.07) is 4.27. The van der Waals surface area contributed by atoms with Crippen molar-refractivity contribution < 1.29 is 4.79 Å².